The van der Waals surface area contributed by atoms with Crippen LogP contribution in [0.2, 0.25) is 0 Å². The average molecular weight is 338 g/mol. The highest BCUT2D eigenvalue weighted by atomic mass is 16.5. The lowest BCUT2D eigenvalue weighted by Crippen LogP contribution is -2.37. The minimum absolute atomic E-state index is 0.176. The van der Waals surface area contributed by atoms with E-state index in [1.807, 2.05) is 17.0 Å². The maximum Gasteiger partial charge on any atom is 0.223 e. The first kappa shape index (κ1) is 17.6. The Hall–Kier alpha value is -2.20. The highest BCUT2D eigenvalue weighted by Gasteiger charge is 2.22. The first-order valence-electron chi connectivity index (χ1n) is 9.04. The molecule has 3 rings (SSSR count). The Morgan fingerprint density at radius 1 is 1.24 bits per heavy atom. The summed E-state index contributed by atoms with van der Waals surface area (Å²) in [6.07, 6.45) is 7.12. The second kappa shape index (κ2) is 8.77. The van der Waals surface area contributed by atoms with E-state index in [-0.39, 0.29) is 12.0 Å². The maximum absolute atomic E-state index is 12.8. The Kier molecular flexibility index (Phi) is 6.18. The van der Waals surface area contributed by atoms with Crippen molar-refractivity contribution >= 4 is 5.91 Å². The van der Waals surface area contributed by atoms with Gasteiger partial charge in [0.05, 0.1) is 6.10 Å². The van der Waals surface area contributed by atoms with Gasteiger partial charge in [0.25, 0.3) is 0 Å². The molecule has 132 valence electrons. The third kappa shape index (κ3) is 5.40. The van der Waals surface area contributed by atoms with E-state index in [0.29, 0.717) is 19.5 Å². The van der Waals surface area contributed by atoms with Gasteiger partial charge in [-0.05, 0) is 49.4 Å². The number of carbonyl (C=O) groups is 1. The normalized spacial score (nSPS) is 16.8. The van der Waals surface area contributed by atoms with Crippen LogP contribution >= 0.6 is 0 Å². The summed E-state index contributed by atoms with van der Waals surface area (Å²) in [5.41, 5.74) is 3.55. The molecule has 1 amide bonds. The predicted molar refractivity (Wildman–Crippen MR) is 98.1 cm³/mol. The molecular formula is C21H26N2O2. The quantitative estimate of drug-likeness (QED) is 0.775. The molecule has 2 heterocycles. The fourth-order valence-corrected chi connectivity index (χ4v) is 3.28. The van der Waals surface area contributed by atoms with Crippen LogP contribution in [0.4, 0.5) is 0 Å². The maximum atomic E-state index is 12.8. The molecule has 1 atom stereocenters. The largest absolute Gasteiger partial charge is 0.376 e. The first-order chi connectivity index (χ1) is 12.2. The van der Waals surface area contributed by atoms with Gasteiger partial charge < -0.3 is 9.64 Å². The second-order valence-corrected chi connectivity index (χ2v) is 6.75. The molecule has 4 heteroatoms. The van der Waals surface area contributed by atoms with Crippen LogP contribution in [0, 0.1) is 6.92 Å². The summed E-state index contributed by atoms with van der Waals surface area (Å²) < 4.78 is 5.76. The van der Waals surface area contributed by atoms with E-state index in [0.717, 1.165) is 31.4 Å². The number of aromatic nitrogens is 1. The molecule has 4 nitrogen and oxygen atoms in total. The van der Waals surface area contributed by atoms with E-state index in [1.165, 1.54) is 11.1 Å². The molecule has 0 saturated carbocycles. The molecular weight excluding hydrogens is 312 g/mol. The molecule has 1 unspecified atom stereocenters. The van der Waals surface area contributed by atoms with E-state index >= 15 is 0 Å². The van der Waals surface area contributed by atoms with Gasteiger partial charge in [-0.3, -0.25) is 9.78 Å². The van der Waals surface area contributed by atoms with Crippen molar-refractivity contribution in [2.45, 2.75) is 45.3 Å². The van der Waals surface area contributed by atoms with Gasteiger partial charge in [0, 0.05) is 38.5 Å². The van der Waals surface area contributed by atoms with E-state index < -0.39 is 0 Å². The first-order valence-corrected chi connectivity index (χ1v) is 9.04. The molecule has 0 aliphatic carbocycles. The van der Waals surface area contributed by atoms with Crippen molar-refractivity contribution in [1.29, 1.82) is 0 Å². The molecule has 1 aromatic heterocycles. The lowest BCUT2D eigenvalue weighted by atomic mass is 10.1. The molecule has 0 bridgehead atoms. The molecule has 25 heavy (non-hydrogen) atoms. The summed E-state index contributed by atoms with van der Waals surface area (Å²) >= 11 is 0. The molecule has 0 radical (unpaired) electrons. The minimum atomic E-state index is 0.176. The number of pyridine rings is 1. The Labute approximate surface area is 149 Å². The fourth-order valence-electron chi connectivity index (χ4n) is 3.28. The van der Waals surface area contributed by atoms with Crippen molar-refractivity contribution in [3.8, 4) is 0 Å². The summed E-state index contributed by atoms with van der Waals surface area (Å²) in [5, 5.41) is 0. The van der Waals surface area contributed by atoms with Crippen molar-refractivity contribution in [2.24, 2.45) is 0 Å². The van der Waals surface area contributed by atoms with Gasteiger partial charge in [-0.15, -0.1) is 0 Å². The average Bonchev–Trinajstić information content (AvgIpc) is 3.13. The lowest BCUT2D eigenvalue weighted by Gasteiger charge is -2.26. The van der Waals surface area contributed by atoms with E-state index in [9.17, 15) is 4.79 Å². The van der Waals surface area contributed by atoms with Crippen LogP contribution in [0.1, 0.15) is 36.0 Å². The number of hydrogen-bond acceptors (Lipinski definition) is 3. The van der Waals surface area contributed by atoms with Gasteiger partial charge in [-0.25, -0.2) is 0 Å². The number of benzene rings is 1. The summed E-state index contributed by atoms with van der Waals surface area (Å²) in [4.78, 5) is 18.8. The van der Waals surface area contributed by atoms with Crippen molar-refractivity contribution in [2.75, 3.05) is 13.2 Å². The summed E-state index contributed by atoms with van der Waals surface area (Å²) in [6, 6.07) is 12.3. The number of nitrogens with zero attached hydrogens (tertiary/aromatic N) is 2. The van der Waals surface area contributed by atoms with Crippen molar-refractivity contribution in [3.05, 3.63) is 65.5 Å². The summed E-state index contributed by atoms with van der Waals surface area (Å²) in [6.45, 7) is 4.23. The van der Waals surface area contributed by atoms with Gasteiger partial charge in [0.1, 0.15) is 0 Å². The highest BCUT2D eigenvalue weighted by Crippen LogP contribution is 2.17. The molecule has 1 aromatic carbocycles. The fraction of sp³-hybridized carbons (Fsp3) is 0.429. The van der Waals surface area contributed by atoms with Crippen molar-refractivity contribution in [1.82, 2.24) is 9.88 Å². The van der Waals surface area contributed by atoms with Gasteiger partial charge in [0.2, 0.25) is 5.91 Å². The smallest absolute Gasteiger partial charge is 0.223 e. The van der Waals surface area contributed by atoms with Crippen LogP contribution in [-0.2, 0) is 22.5 Å². The van der Waals surface area contributed by atoms with Gasteiger partial charge >= 0.3 is 0 Å². The van der Waals surface area contributed by atoms with Crippen LogP contribution in [0.15, 0.2) is 48.8 Å². The van der Waals surface area contributed by atoms with Crippen LogP contribution in [0.3, 0.4) is 0 Å². The van der Waals surface area contributed by atoms with E-state index in [1.54, 1.807) is 12.4 Å². The van der Waals surface area contributed by atoms with Crippen LogP contribution in [0.5, 0.6) is 0 Å². The molecule has 1 fully saturated rings. The van der Waals surface area contributed by atoms with Gasteiger partial charge in [0.15, 0.2) is 0 Å². The zero-order valence-corrected chi connectivity index (χ0v) is 14.9. The topological polar surface area (TPSA) is 42.4 Å². The van der Waals surface area contributed by atoms with Crippen molar-refractivity contribution < 1.29 is 9.53 Å². The zero-order valence-electron chi connectivity index (χ0n) is 14.9. The van der Waals surface area contributed by atoms with E-state index in [2.05, 4.69) is 36.2 Å². The van der Waals surface area contributed by atoms with Crippen LogP contribution < -0.4 is 0 Å². The minimum Gasteiger partial charge on any atom is -0.376 e. The standard InChI is InChI=1S/C21H26N2O2/c1-17-4-2-5-19(14-17)15-23(16-20-6-3-13-25-20)21(24)8-7-18-9-11-22-12-10-18/h2,4-5,9-12,14,20H,3,6-8,13,15-16H2,1H3. The zero-order chi connectivity index (χ0) is 17.5. The number of rotatable bonds is 7. The van der Waals surface area contributed by atoms with Gasteiger partial charge in [-0.2, -0.15) is 0 Å². The monoisotopic (exact) mass is 338 g/mol. The Balaban J connectivity index is 1.64. The molecule has 0 spiro atoms. The molecule has 1 aliphatic rings. The SMILES string of the molecule is Cc1cccc(CN(CC2CCCO2)C(=O)CCc2ccncc2)c1. The predicted octanol–water partition coefficient (Wildman–Crippen LogP) is 3.53. The summed E-state index contributed by atoms with van der Waals surface area (Å²) in [7, 11) is 0. The number of carbonyl (C=O) groups excluding carboxylic acids is 1. The van der Waals surface area contributed by atoms with Crippen LogP contribution in [-0.4, -0.2) is 35.0 Å². The molecule has 1 saturated heterocycles. The van der Waals surface area contributed by atoms with Crippen molar-refractivity contribution in [3.63, 3.8) is 0 Å². The lowest BCUT2D eigenvalue weighted by molar-refractivity contribution is -0.133. The molecule has 2 aromatic rings. The second-order valence-electron chi connectivity index (χ2n) is 6.75. The molecule has 1 aliphatic heterocycles. The van der Waals surface area contributed by atoms with Gasteiger partial charge in [-0.1, -0.05) is 29.8 Å². The third-order valence-electron chi connectivity index (χ3n) is 4.63. The Bertz CT molecular complexity index is 681. The highest BCUT2D eigenvalue weighted by molar-refractivity contribution is 5.76. The number of aryl methyl sites for hydroxylation is 2. The third-order valence-corrected chi connectivity index (χ3v) is 4.63. The van der Waals surface area contributed by atoms with Crippen LogP contribution in [0.25, 0.3) is 0 Å². The number of ether oxygens (including phenoxy) is 1. The Morgan fingerprint density at radius 2 is 2.08 bits per heavy atom. The molecule has 0 N–H and O–H groups in total. The van der Waals surface area contributed by atoms with E-state index in [4.69, 9.17) is 4.74 Å². The summed E-state index contributed by atoms with van der Waals surface area (Å²) in [5.74, 6) is 0.189. The Morgan fingerprint density at radius 3 is 2.80 bits per heavy atom. The number of hydrogen-bond donors (Lipinski definition) is 0. The number of amides is 1.